The Morgan fingerprint density at radius 3 is 2.50 bits per heavy atom. The number of aromatic hydroxyl groups is 1. The van der Waals surface area contributed by atoms with Gasteiger partial charge in [-0.1, -0.05) is 17.4 Å². The van der Waals surface area contributed by atoms with E-state index in [4.69, 9.17) is 9.47 Å². The van der Waals surface area contributed by atoms with Crippen LogP contribution in [0.3, 0.4) is 0 Å². The van der Waals surface area contributed by atoms with Crippen LogP contribution in [-0.4, -0.2) is 46.8 Å². The first-order valence-electron chi connectivity index (χ1n) is 13.2. The van der Waals surface area contributed by atoms with Gasteiger partial charge < -0.3 is 19.6 Å². The zero-order valence-electron chi connectivity index (χ0n) is 21.7. The van der Waals surface area contributed by atoms with Crippen molar-refractivity contribution in [3.8, 4) is 11.5 Å². The van der Waals surface area contributed by atoms with Crippen molar-refractivity contribution in [3.63, 3.8) is 0 Å². The monoisotopic (exact) mass is 578 g/mol. The number of thioether (sulfide) groups is 1. The van der Waals surface area contributed by atoms with Gasteiger partial charge in [-0.15, -0.1) is 11.8 Å². The van der Waals surface area contributed by atoms with E-state index in [-0.39, 0.29) is 58.0 Å². The first kappa shape index (κ1) is 25.4. The number of imide groups is 1. The lowest BCUT2D eigenvalue weighted by Gasteiger charge is -2.43. The van der Waals surface area contributed by atoms with Crippen LogP contribution in [0.2, 0.25) is 0 Å². The fourth-order valence-corrected chi connectivity index (χ4v) is 10.4. The molecule has 2 saturated carbocycles. The quantitative estimate of drug-likeness (QED) is 0.344. The van der Waals surface area contributed by atoms with Gasteiger partial charge in [0, 0.05) is 16.0 Å². The molecule has 4 aliphatic rings. The summed E-state index contributed by atoms with van der Waals surface area (Å²) >= 11 is 2.81. The number of hydrogen-bond acceptors (Lipinski definition) is 9. The van der Waals surface area contributed by atoms with Crippen molar-refractivity contribution >= 4 is 46.6 Å². The number of methoxy groups -OCH3 is 1. The van der Waals surface area contributed by atoms with E-state index < -0.39 is 17.8 Å². The molecule has 40 heavy (non-hydrogen) atoms. The number of aromatic nitrogens is 1. The van der Waals surface area contributed by atoms with Gasteiger partial charge in [0.05, 0.1) is 41.8 Å². The first-order chi connectivity index (χ1) is 19.3. The highest BCUT2D eigenvalue weighted by molar-refractivity contribution is 8.00. The van der Waals surface area contributed by atoms with E-state index in [9.17, 15) is 24.3 Å². The summed E-state index contributed by atoms with van der Waals surface area (Å²) in [5.74, 6) is -1.52. The zero-order chi connectivity index (χ0) is 27.9. The Balaban J connectivity index is 1.26. The van der Waals surface area contributed by atoms with E-state index in [1.165, 1.54) is 23.3 Å². The molecular formula is C29H26N2O7S2. The Kier molecular flexibility index (Phi) is 5.87. The number of nitrogens with zero attached hydrogens (tertiary/aromatic N) is 1. The van der Waals surface area contributed by atoms with Crippen LogP contribution >= 0.6 is 23.1 Å². The molecule has 3 fully saturated rings. The Morgan fingerprint density at radius 2 is 1.80 bits per heavy atom. The largest absolute Gasteiger partial charge is 0.504 e. The van der Waals surface area contributed by atoms with Gasteiger partial charge in [-0.25, -0.2) is 4.79 Å². The highest BCUT2D eigenvalue weighted by Crippen LogP contribution is 2.68. The number of benzene rings is 2. The van der Waals surface area contributed by atoms with Crippen LogP contribution in [0, 0.1) is 29.6 Å². The maximum atomic E-state index is 13.9. The number of phenols is 1. The summed E-state index contributed by atoms with van der Waals surface area (Å²) in [6.07, 6.45) is 0.773. The van der Waals surface area contributed by atoms with Crippen molar-refractivity contribution in [2.24, 2.45) is 29.6 Å². The van der Waals surface area contributed by atoms with Gasteiger partial charge in [-0.3, -0.25) is 19.3 Å². The molecule has 7 atom stereocenters. The third-order valence-electron chi connectivity index (χ3n) is 8.92. The number of esters is 1. The molecular weight excluding hydrogens is 552 g/mol. The van der Waals surface area contributed by atoms with E-state index in [1.807, 2.05) is 12.1 Å². The molecule has 11 heteroatoms. The highest BCUT2D eigenvalue weighted by Gasteiger charge is 2.69. The fourth-order valence-electron chi connectivity index (χ4n) is 7.49. The second kappa shape index (κ2) is 9.24. The Bertz CT molecular complexity index is 1610. The Labute approximate surface area is 237 Å². The lowest BCUT2D eigenvalue weighted by molar-refractivity contribution is -0.123. The molecule has 0 spiro atoms. The van der Waals surface area contributed by atoms with E-state index in [0.29, 0.717) is 17.0 Å². The summed E-state index contributed by atoms with van der Waals surface area (Å²) < 4.78 is 10.4. The molecule has 5 unspecified atom stereocenters. The number of nitrogens with one attached hydrogen (secondary N) is 1. The van der Waals surface area contributed by atoms with Gasteiger partial charge in [-0.2, -0.15) is 0 Å². The van der Waals surface area contributed by atoms with Crippen molar-refractivity contribution in [1.82, 2.24) is 4.98 Å². The third kappa shape index (κ3) is 3.53. The van der Waals surface area contributed by atoms with Gasteiger partial charge in [0.25, 0.3) is 0 Å². The lowest BCUT2D eigenvalue weighted by atomic mass is 9.68. The second-order valence-electron chi connectivity index (χ2n) is 10.7. The summed E-state index contributed by atoms with van der Waals surface area (Å²) in [6, 6.07) is 11.7. The standard InChI is InChI=1S/C29H26N2O7S2/c1-3-38-28(35)12-4-7-14(8-5-12)31-26(33)21-15-11-16(22(21)27(31)34)23-20(15)19(24-25(39-23)30-29(36)40-24)13-6-9-17(32)18(10-13)37-2/h4-10,15-16,19-23,32H,3,11H2,1-2H3,(H,30,36)/t15-,16-,19?,20?,21?,22?,23?/m1/s1. The number of H-pyrrole nitrogens is 1. The molecule has 2 bridgehead atoms. The van der Waals surface area contributed by atoms with Crippen molar-refractivity contribution in [1.29, 1.82) is 0 Å². The molecule has 7 rings (SSSR count). The highest BCUT2D eigenvalue weighted by atomic mass is 32.2. The van der Waals surface area contributed by atoms with Crippen molar-refractivity contribution in [2.45, 2.75) is 29.5 Å². The third-order valence-corrected chi connectivity index (χ3v) is 11.5. The lowest BCUT2D eigenvalue weighted by Crippen LogP contribution is -2.42. The minimum absolute atomic E-state index is 0.0108. The van der Waals surface area contributed by atoms with Crippen LogP contribution in [-0.2, 0) is 14.3 Å². The summed E-state index contributed by atoms with van der Waals surface area (Å²) in [7, 11) is 1.50. The molecule has 9 nitrogen and oxygen atoms in total. The second-order valence-corrected chi connectivity index (χ2v) is 12.9. The SMILES string of the molecule is CCOC(=O)c1ccc(N2C(=O)C3C(C2=O)[C@@H]2C[C@H]3C3Sc4[nH]c(=O)sc4C(c4ccc(O)c(OC)c4)C32)cc1. The van der Waals surface area contributed by atoms with Crippen LogP contribution < -0.4 is 14.5 Å². The van der Waals surface area contributed by atoms with Gasteiger partial charge in [0.2, 0.25) is 11.8 Å². The minimum Gasteiger partial charge on any atom is -0.504 e. The molecule has 0 radical (unpaired) electrons. The number of aromatic amines is 1. The maximum Gasteiger partial charge on any atom is 0.338 e. The zero-order valence-corrected chi connectivity index (χ0v) is 23.3. The number of anilines is 1. The molecule has 2 aromatic carbocycles. The van der Waals surface area contributed by atoms with Crippen LogP contribution in [0.15, 0.2) is 52.3 Å². The van der Waals surface area contributed by atoms with E-state index in [2.05, 4.69) is 4.98 Å². The van der Waals surface area contributed by atoms with Crippen molar-refractivity contribution in [2.75, 3.05) is 18.6 Å². The molecule has 2 amide bonds. The average molecular weight is 579 g/mol. The van der Waals surface area contributed by atoms with Gasteiger partial charge in [0.1, 0.15) is 0 Å². The Morgan fingerprint density at radius 1 is 1.07 bits per heavy atom. The van der Waals surface area contributed by atoms with Gasteiger partial charge >= 0.3 is 10.8 Å². The van der Waals surface area contributed by atoms with Crippen LogP contribution in [0.4, 0.5) is 5.69 Å². The number of fused-ring (bicyclic) bond motifs is 9. The van der Waals surface area contributed by atoms with Crippen LogP contribution in [0.1, 0.15) is 40.1 Å². The number of carbonyl (C=O) groups is 3. The molecule has 2 N–H and O–H groups in total. The molecule has 2 aliphatic carbocycles. The number of phenolic OH excluding ortho intramolecular Hbond substituents is 1. The average Bonchev–Trinajstić information content (AvgIpc) is 3.68. The number of carbonyl (C=O) groups excluding carboxylic acids is 3. The Hall–Kier alpha value is -3.57. The first-order valence-corrected chi connectivity index (χ1v) is 14.9. The minimum atomic E-state index is -0.452. The summed E-state index contributed by atoms with van der Waals surface area (Å²) in [6.45, 7) is 1.99. The smallest absolute Gasteiger partial charge is 0.338 e. The molecule has 3 heterocycles. The number of ether oxygens (including phenoxy) is 2. The van der Waals surface area contributed by atoms with Crippen LogP contribution in [0.25, 0.3) is 0 Å². The van der Waals surface area contributed by atoms with E-state index >= 15 is 0 Å². The molecule has 2 aliphatic heterocycles. The number of rotatable bonds is 5. The number of amides is 2. The van der Waals surface area contributed by atoms with Crippen molar-refractivity contribution in [3.05, 3.63) is 68.1 Å². The van der Waals surface area contributed by atoms with E-state index in [0.717, 1.165) is 21.9 Å². The maximum absolute atomic E-state index is 13.9. The molecule has 3 aromatic rings. The molecule has 1 saturated heterocycles. The number of thiazole rings is 1. The topological polar surface area (TPSA) is 126 Å². The molecule has 1 aromatic heterocycles. The summed E-state index contributed by atoms with van der Waals surface area (Å²) in [4.78, 5) is 57.3. The van der Waals surface area contributed by atoms with E-state index in [1.54, 1.807) is 49.0 Å². The predicted molar refractivity (Wildman–Crippen MR) is 148 cm³/mol. The number of hydrogen-bond donors (Lipinski definition) is 2. The van der Waals surface area contributed by atoms with Gasteiger partial charge in [0.15, 0.2) is 11.5 Å². The predicted octanol–water partition coefficient (Wildman–Crippen LogP) is 4.01. The van der Waals surface area contributed by atoms with Gasteiger partial charge in [-0.05, 0) is 73.1 Å². The van der Waals surface area contributed by atoms with Crippen molar-refractivity contribution < 1.29 is 29.0 Å². The summed E-state index contributed by atoms with van der Waals surface area (Å²) in [5.41, 5.74) is 1.73. The normalized spacial score (nSPS) is 29.8. The fraction of sp³-hybridized carbons (Fsp3) is 0.379. The summed E-state index contributed by atoms with van der Waals surface area (Å²) in [5, 5.41) is 11.1. The van der Waals surface area contributed by atoms with Crippen LogP contribution in [0.5, 0.6) is 11.5 Å². The molecule has 206 valence electrons.